The Morgan fingerprint density at radius 3 is 2.50 bits per heavy atom. The number of halogens is 2. The lowest BCUT2D eigenvalue weighted by molar-refractivity contribution is 0.208. The summed E-state index contributed by atoms with van der Waals surface area (Å²) in [5.41, 5.74) is 0.845. The third-order valence-electron chi connectivity index (χ3n) is 4.96. The molecule has 1 saturated carbocycles. The molecule has 0 unspecified atom stereocenters. The van der Waals surface area contributed by atoms with Crippen molar-refractivity contribution in [2.24, 2.45) is 5.92 Å². The van der Waals surface area contributed by atoms with Crippen molar-refractivity contribution in [2.45, 2.75) is 50.9 Å². The smallest absolute Gasteiger partial charge is 0.126 e. The highest BCUT2D eigenvalue weighted by atomic mass is 35.5. The van der Waals surface area contributed by atoms with E-state index >= 15 is 0 Å². The van der Waals surface area contributed by atoms with Crippen LogP contribution in [0.3, 0.4) is 0 Å². The molecule has 2 aliphatic rings. The lowest BCUT2D eigenvalue weighted by Crippen LogP contribution is -2.27. The summed E-state index contributed by atoms with van der Waals surface area (Å²) in [5.74, 6) is 1.79. The molecule has 0 spiro atoms. The van der Waals surface area contributed by atoms with E-state index in [4.69, 9.17) is 4.74 Å². The Morgan fingerprint density at radius 2 is 1.77 bits per heavy atom. The van der Waals surface area contributed by atoms with Crippen molar-refractivity contribution >= 4 is 12.4 Å². The van der Waals surface area contributed by atoms with Gasteiger partial charge in [0, 0.05) is 0 Å². The zero-order valence-electron chi connectivity index (χ0n) is 13.2. The van der Waals surface area contributed by atoms with E-state index < -0.39 is 0 Å². The van der Waals surface area contributed by atoms with Crippen molar-refractivity contribution in [3.8, 4) is 5.75 Å². The predicted octanol–water partition coefficient (Wildman–Crippen LogP) is 4.67. The summed E-state index contributed by atoms with van der Waals surface area (Å²) in [7, 11) is 0. The topological polar surface area (TPSA) is 21.3 Å². The summed E-state index contributed by atoms with van der Waals surface area (Å²) >= 11 is 0. The summed E-state index contributed by atoms with van der Waals surface area (Å²) in [4.78, 5) is 0. The fourth-order valence-corrected chi connectivity index (χ4v) is 3.63. The Hall–Kier alpha value is -0.800. The monoisotopic (exact) mass is 327 g/mol. The fraction of sp³-hybridized carbons (Fsp3) is 0.667. The van der Waals surface area contributed by atoms with Gasteiger partial charge in [-0.25, -0.2) is 4.39 Å². The Balaban J connectivity index is 0.00000176. The number of piperidine rings is 1. The Bertz CT molecular complexity index is 456. The predicted molar refractivity (Wildman–Crippen MR) is 90.6 cm³/mol. The van der Waals surface area contributed by atoms with Crippen LogP contribution in [-0.4, -0.2) is 19.7 Å². The number of rotatable bonds is 4. The van der Waals surface area contributed by atoms with Crippen molar-refractivity contribution in [2.75, 3.05) is 19.7 Å². The molecule has 0 bridgehead atoms. The van der Waals surface area contributed by atoms with Crippen LogP contribution >= 0.6 is 12.4 Å². The van der Waals surface area contributed by atoms with Crippen LogP contribution < -0.4 is 10.1 Å². The molecule has 1 N–H and O–H groups in total. The van der Waals surface area contributed by atoms with Crippen LogP contribution in [0.5, 0.6) is 5.75 Å². The number of nitrogens with one attached hydrogen (secondary N) is 1. The van der Waals surface area contributed by atoms with Crippen molar-refractivity contribution in [3.05, 3.63) is 29.6 Å². The highest BCUT2D eigenvalue weighted by molar-refractivity contribution is 5.85. The minimum Gasteiger partial charge on any atom is -0.493 e. The van der Waals surface area contributed by atoms with E-state index in [1.165, 1.54) is 32.1 Å². The molecule has 1 aromatic carbocycles. The molecule has 2 nitrogen and oxygen atoms in total. The summed E-state index contributed by atoms with van der Waals surface area (Å²) in [6.45, 7) is 2.76. The second-order valence-electron chi connectivity index (χ2n) is 6.52. The third-order valence-corrected chi connectivity index (χ3v) is 4.96. The number of hydrogen-bond acceptors (Lipinski definition) is 2. The van der Waals surface area contributed by atoms with Gasteiger partial charge in [-0.05, 0) is 74.4 Å². The van der Waals surface area contributed by atoms with Gasteiger partial charge >= 0.3 is 0 Å². The number of hydrogen-bond donors (Lipinski definition) is 1. The van der Waals surface area contributed by atoms with E-state index in [0.717, 1.165) is 43.9 Å². The van der Waals surface area contributed by atoms with Crippen LogP contribution in [0.2, 0.25) is 0 Å². The molecule has 0 aromatic heterocycles. The molecular weight excluding hydrogens is 301 g/mol. The zero-order chi connectivity index (χ0) is 14.5. The molecule has 0 radical (unpaired) electrons. The van der Waals surface area contributed by atoms with E-state index in [-0.39, 0.29) is 18.2 Å². The maximum Gasteiger partial charge on any atom is 0.126 e. The molecule has 124 valence electrons. The van der Waals surface area contributed by atoms with Crippen LogP contribution in [-0.2, 0) is 0 Å². The van der Waals surface area contributed by atoms with E-state index in [0.29, 0.717) is 11.8 Å². The van der Waals surface area contributed by atoms with E-state index in [1.807, 2.05) is 6.07 Å². The molecule has 0 atom stereocenters. The molecule has 4 heteroatoms. The van der Waals surface area contributed by atoms with Gasteiger partial charge in [0.2, 0.25) is 0 Å². The maximum atomic E-state index is 14.1. The Morgan fingerprint density at radius 1 is 1.05 bits per heavy atom. The van der Waals surface area contributed by atoms with Gasteiger partial charge < -0.3 is 10.1 Å². The van der Waals surface area contributed by atoms with Crippen molar-refractivity contribution < 1.29 is 9.13 Å². The highest BCUT2D eigenvalue weighted by Crippen LogP contribution is 2.31. The molecule has 0 amide bonds. The largest absolute Gasteiger partial charge is 0.493 e. The first-order chi connectivity index (χ1) is 10.3. The van der Waals surface area contributed by atoms with E-state index in [2.05, 4.69) is 5.32 Å². The molecule has 1 aromatic rings. The minimum absolute atomic E-state index is 0. The van der Waals surface area contributed by atoms with Gasteiger partial charge in [-0.3, -0.25) is 0 Å². The quantitative estimate of drug-likeness (QED) is 0.867. The average molecular weight is 328 g/mol. The van der Waals surface area contributed by atoms with Crippen LogP contribution in [0.1, 0.15) is 56.4 Å². The lowest BCUT2D eigenvalue weighted by Gasteiger charge is -2.24. The summed E-state index contributed by atoms with van der Waals surface area (Å²) in [6, 6.07) is 5.30. The molecule has 22 heavy (non-hydrogen) atoms. The Labute approximate surface area is 139 Å². The minimum atomic E-state index is -0.0769. The van der Waals surface area contributed by atoms with Gasteiger partial charge in [0.1, 0.15) is 11.6 Å². The first-order valence-corrected chi connectivity index (χ1v) is 8.46. The molecule has 1 aliphatic carbocycles. The van der Waals surface area contributed by atoms with E-state index in [9.17, 15) is 4.39 Å². The number of benzene rings is 1. The van der Waals surface area contributed by atoms with Gasteiger partial charge in [-0.15, -0.1) is 12.4 Å². The summed E-state index contributed by atoms with van der Waals surface area (Å²) < 4.78 is 20.0. The second kappa shape index (κ2) is 8.73. The number of ether oxygens (including phenoxy) is 1. The highest BCUT2D eigenvalue weighted by Gasteiger charge is 2.20. The van der Waals surface area contributed by atoms with Crippen molar-refractivity contribution in [3.63, 3.8) is 0 Å². The normalized spacial score (nSPS) is 20.4. The van der Waals surface area contributed by atoms with Crippen LogP contribution in [0, 0.1) is 11.7 Å². The average Bonchev–Trinajstić information content (AvgIpc) is 2.56. The lowest BCUT2D eigenvalue weighted by atomic mass is 9.89. The molecule has 1 aliphatic heterocycles. The molecule has 1 saturated heterocycles. The Kier molecular flexibility index (Phi) is 6.97. The zero-order valence-corrected chi connectivity index (χ0v) is 14.0. The van der Waals surface area contributed by atoms with Crippen molar-refractivity contribution in [1.29, 1.82) is 0 Å². The van der Waals surface area contributed by atoms with Gasteiger partial charge in [0.15, 0.2) is 0 Å². The molecule has 1 heterocycles. The standard InChI is InChI=1S/C18H26FNO.ClH/c19-18-7-6-16(21-13-14-4-2-1-3-5-14)12-17(18)15-8-10-20-11-9-15;/h6-7,12,14-15,20H,1-5,8-11,13H2;1H. The van der Waals surface area contributed by atoms with Crippen LogP contribution in [0.15, 0.2) is 18.2 Å². The van der Waals surface area contributed by atoms with Gasteiger partial charge in [-0.1, -0.05) is 19.3 Å². The summed E-state index contributed by atoms with van der Waals surface area (Å²) in [5, 5.41) is 3.33. The maximum absolute atomic E-state index is 14.1. The first-order valence-electron chi connectivity index (χ1n) is 8.46. The summed E-state index contributed by atoms with van der Waals surface area (Å²) in [6.07, 6.45) is 8.62. The third kappa shape index (κ3) is 4.60. The van der Waals surface area contributed by atoms with Gasteiger partial charge in [0.05, 0.1) is 6.61 Å². The van der Waals surface area contributed by atoms with Gasteiger partial charge in [0.25, 0.3) is 0 Å². The SMILES string of the molecule is Cl.Fc1ccc(OCC2CCCCC2)cc1C1CCNCC1. The molecule has 3 rings (SSSR count). The van der Waals surface area contributed by atoms with E-state index in [1.54, 1.807) is 12.1 Å². The van der Waals surface area contributed by atoms with Gasteiger partial charge in [-0.2, -0.15) is 0 Å². The molecular formula is C18H27ClFNO. The van der Waals surface area contributed by atoms with Crippen LogP contribution in [0.4, 0.5) is 4.39 Å². The fourth-order valence-electron chi connectivity index (χ4n) is 3.63. The second-order valence-corrected chi connectivity index (χ2v) is 6.52. The van der Waals surface area contributed by atoms with Crippen LogP contribution in [0.25, 0.3) is 0 Å². The first kappa shape index (κ1) is 17.6. The van der Waals surface area contributed by atoms with Crippen molar-refractivity contribution in [1.82, 2.24) is 5.32 Å². The molecule has 2 fully saturated rings.